The Morgan fingerprint density at radius 1 is 1.29 bits per heavy atom. The lowest BCUT2D eigenvalue weighted by molar-refractivity contribution is -0.384. The summed E-state index contributed by atoms with van der Waals surface area (Å²) in [5, 5.41) is 14.7. The van der Waals surface area contributed by atoms with Gasteiger partial charge in [-0.15, -0.1) is 0 Å². The predicted octanol–water partition coefficient (Wildman–Crippen LogP) is 5.27. The van der Waals surface area contributed by atoms with Crippen LogP contribution in [0.15, 0.2) is 18.2 Å². The maximum Gasteiger partial charge on any atom is 0.271 e. The third-order valence-electron chi connectivity index (χ3n) is 4.38. The number of hydrogen-bond donors (Lipinski definition) is 1. The van der Waals surface area contributed by atoms with E-state index >= 15 is 0 Å². The lowest BCUT2D eigenvalue weighted by atomic mass is 9.69. The van der Waals surface area contributed by atoms with Crippen molar-refractivity contribution in [3.05, 3.63) is 33.3 Å². The van der Waals surface area contributed by atoms with E-state index in [0.29, 0.717) is 17.0 Å². The van der Waals surface area contributed by atoms with Gasteiger partial charge in [0, 0.05) is 18.2 Å². The van der Waals surface area contributed by atoms with E-state index in [-0.39, 0.29) is 11.1 Å². The highest BCUT2D eigenvalue weighted by Crippen LogP contribution is 2.40. The fraction of sp³-hybridized carbons (Fsp3) is 0.625. The molecule has 1 aromatic rings. The molecule has 0 saturated heterocycles. The molecule has 0 radical (unpaired) electrons. The van der Waals surface area contributed by atoms with Gasteiger partial charge in [0.15, 0.2) is 0 Å². The molecule has 116 valence electrons. The van der Waals surface area contributed by atoms with Crippen molar-refractivity contribution >= 4 is 23.0 Å². The van der Waals surface area contributed by atoms with Crippen molar-refractivity contribution in [2.75, 3.05) is 5.32 Å². The van der Waals surface area contributed by atoms with Gasteiger partial charge < -0.3 is 5.32 Å². The van der Waals surface area contributed by atoms with Crippen molar-refractivity contribution in [3.63, 3.8) is 0 Å². The normalized spacial score (nSPS) is 22.9. The Labute approximate surface area is 131 Å². The Balaban J connectivity index is 2.18. The summed E-state index contributed by atoms with van der Waals surface area (Å²) in [5.41, 5.74) is 1.07. The van der Waals surface area contributed by atoms with Gasteiger partial charge in [0.2, 0.25) is 0 Å². The minimum atomic E-state index is -0.422. The molecule has 0 spiro atoms. The van der Waals surface area contributed by atoms with Crippen LogP contribution in [0.4, 0.5) is 11.4 Å². The van der Waals surface area contributed by atoms with E-state index < -0.39 is 4.92 Å². The molecule has 1 aliphatic rings. The maximum absolute atomic E-state index is 10.8. The second-order valence-electron chi connectivity index (χ2n) is 6.93. The monoisotopic (exact) mass is 310 g/mol. The smallest absolute Gasteiger partial charge is 0.271 e. The van der Waals surface area contributed by atoms with E-state index in [1.54, 1.807) is 6.07 Å². The van der Waals surface area contributed by atoms with Crippen LogP contribution in [0.5, 0.6) is 0 Å². The molecule has 1 N–H and O–H groups in total. The third-order valence-corrected chi connectivity index (χ3v) is 4.70. The van der Waals surface area contributed by atoms with Gasteiger partial charge in [-0.3, -0.25) is 10.1 Å². The molecule has 5 heteroatoms. The van der Waals surface area contributed by atoms with Gasteiger partial charge in [-0.2, -0.15) is 0 Å². The van der Waals surface area contributed by atoms with Gasteiger partial charge in [0.25, 0.3) is 5.69 Å². The summed E-state index contributed by atoms with van der Waals surface area (Å²) >= 11 is 6.19. The number of nitro groups is 1. The van der Waals surface area contributed by atoms with Gasteiger partial charge in [0.1, 0.15) is 0 Å². The predicted molar refractivity (Wildman–Crippen MR) is 86.9 cm³/mol. The van der Waals surface area contributed by atoms with Crippen LogP contribution in [-0.2, 0) is 0 Å². The Bertz CT molecular complexity index is 525. The number of anilines is 1. The molecular formula is C16H23ClN2O2. The van der Waals surface area contributed by atoms with Crippen LogP contribution >= 0.6 is 11.6 Å². The van der Waals surface area contributed by atoms with Crippen molar-refractivity contribution in [1.82, 2.24) is 0 Å². The van der Waals surface area contributed by atoms with E-state index in [4.69, 9.17) is 11.6 Å². The molecule has 0 bridgehead atoms. The van der Waals surface area contributed by atoms with Gasteiger partial charge in [-0.25, -0.2) is 0 Å². The number of nitro benzene ring substituents is 1. The van der Waals surface area contributed by atoms with Crippen molar-refractivity contribution < 1.29 is 4.92 Å². The zero-order chi connectivity index (χ0) is 15.6. The zero-order valence-corrected chi connectivity index (χ0v) is 13.6. The van der Waals surface area contributed by atoms with Crippen LogP contribution in [0.3, 0.4) is 0 Å². The van der Waals surface area contributed by atoms with Crippen molar-refractivity contribution in [2.45, 2.75) is 52.5 Å². The van der Waals surface area contributed by atoms with Crippen LogP contribution in [0, 0.1) is 21.4 Å². The van der Waals surface area contributed by atoms with Crippen LogP contribution in [0.1, 0.15) is 46.5 Å². The summed E-state index contributed by atoms with van der Waals surface area (Å²) < 4.78 is 0. The third kappa shape index (κ3) is 3.88. The first-order valence-electron chi connectivity index (χ1n) is 7.49. The molecule has 0 aromatic heterocycles. The van der Waals surface area contributed by atoms with E-state index in [1.807, 2.05) is 0 Å². The van der Waals surface area contributed by atoms with Gasteiger partial charge >= 0.3 is 0 Å². The topological polar surface area (TPSA) is 55.2 Å². The van der Waals surface area contributed by atoms with E-state index in [9.17, 15) is 10.1 Å². The molecule has 2 unspecified atom stereocenters. The number of nitrogens with one attached hydrogen (secondary N) is 1. The molecule has 4 nitrogen and oxygen atoms in total. The zero-order valence-electron chi connectivity index (χ0n) is 12.9. The fourth-order valence-electron chi connectivity index (χ4n) is 3.27. The average Bonchev–Trinajstić information content (AvgIpc) is 2.40. The van der Waals surface area contributed by atoms with E-state index in [0.717, 1.165) is 12.1 Å². The SMILES string of the molecule is CC(C)(C)C1CCCCC1Nc1ccc([N+](=O)[O-])cc1Cl. The standard InChI is InChI=1S/C16H23ClN2O2/c1-16(2,3)12-6-4-5-7-14(12)18-15-9-8-11(19(20)21)10-13(15)17/h8-10,12,14,18H,4-7H2,1-3H3. The van der Waals surface area contributed by atoms with Crippen molar-refractivity contribution in [1.29, 1.82) is 0 Å². The van der Waals surface area contributed by atoms with Crippen LogP contribution in [0.25, 0.3) is 0 Å². The maximum atomic E-state index is 10.8. The van der Waals surface area contributed by atoms with Crippen LogP contribution < -0.4 is 5.32 Å². The minimum Gasteiger partial charge on any atom is -0.381 e. The summed E-state index contributed by atoms with van der Waals surface area (Å²) in [7, 11) is 0. The molecule has 1 saturated carbocycles. The number of nitrogens with zero attached hydrogens (tertiary/aromatic N) is 1. The average molecular weight is 311 g/mol. The molecule has 2 rings (SSSR count). The molecular weight excluding hydrogens is 288 g/mol. The van der Waals surface area contributed by atoms with Gasteiger partial charge in [-0.1, -0.05) is 45.2 Å². The first kappa shape index (κ1) is 16.1. The van der Waals surface area contributed by atoms with Crippen molar-refractivity contribution in [3.8, 4) is 0 Å². The van der Waals surface area contributed by atoms with Gasteiger partial charge in [0.05, 0.1) is 15.6 Å². The Kier molecular flexibility index (Phi) is 4.77. The molecule has 0 amide bonds. The summed E-state index contributed by atoms with van der Waals surface area (Å²) in [6.07, 6.45) is 4.82. The molecule has 0 heterocycles. The van der Waals surface area contributed by atoms with Gasteiger partial charge in [-0.05, 0) is 30.2 Å². The molecule has 1 aliphatic carbocycles. The Morgan fingerprint density at radius 3 is 2.52 bits per heavy atom. The molecule has 0 aliphatic heterocycles. The number of halogens is 1. The number of hydrogen-bond acceptors (Lipinski definition) is 3. The summed E-state index contributed by atoms with van der Waals surface area (Å²) in [6.45, 7) is 6.82. The molecule has 2 atom stereocenters. The van der Waals surface area contributed by atoms with Crippen molar-refractivity contribution in [2.24, 2.45) is 11.3 Å². The van der Waals surface area contributed by atoms with Crippen LogP contribution in [-0.4, -0.2) is 11.0 Å². The lowest BCUT2D eigenvalue weighted by Crippen LogP contribution is -2.39. The lowest BCUT2D eigenvalue weighted by Gasteiger charge is -2.41. The largest absolute Gasteiger partial charge is 0.381 e. The van der Waals surface area contributed by atoms with Crippen LogP contribution in [0.2, 0.25) is 5.02 Å². The molecule has 1 aromatic carbocycles. The Hall–Kier alpha value is -1.29. The highest BCUT2D eigenvalue weighted by Gasteiger charge is 2.34. The number of benzene rings is 1. The molecule has 21 heavy (non-hydrogen) atoms. The first-order chi connectivity index (χ1) is 9.79. The quantitative estimate of drug-likeness (QED) is 0.611. The summed E-state index contributed by atoms with van der Waals surface area (Å²) in [6, 6.07) is 5.01. The molecule has 1 fully saturated rings. The minimum absolute atomic E-state index is 0.0292. The first-order valence-corrected chi connectivity index (χ1v) is 7.87. The Morgan fingerprint density at radius 2 is 1.95 bits per heavy atom. The second-order valence-corrected chi connectivity index (χ2v) is 7.34. The summed E-state index contributed by atoms with van der Waals surface area (Å²) in [5.74, 6) is 0.581. The highest BCUT2D eigenvalue weighted by molar-refractivity contribution is 6.33. The van der Waals surface area contributed by atoms with E-state index in [1.165, 1.54) is 31.4 Å². The fourth-order valence-corrected chi connectivity index (χ4v) is 3.50. The number of rotatable bonds is 3. The number of non-ortho nitro benzene ring substituents is 1. The van der Waals surface area contributed by atoms with E-state index in [2.05, 4.69) is 26.1 Å². The summed E-state index contributed by atoms with van der Waals surface area (Å²) in [4.78, 5) is 10.3. The highest BCUT2D eigenvalue weighted by atomic mass is 35.5. The second kappa shape index (κ2) is 6.22.